The molecule has 0 aliphatic heterocycles. The Morgan fingerprint density at radius 1 is 1.36 bits per heavy atom. The van der Waals surface area contributed by atoms with Gasteiger partial charge in [0.2, 0.25) is 5.95 Å². The van der Waals surface area contributed by atoms with Crippen molar-refractivity contribution in [2.45, 2.75) is 13.5 Å². The SMILES string of the molecule is Cc1cnc(NCc2nn[nH]n2)nc1. The highest BCUT2D eigenvalue weighted by Gasteiger charge is 1.98. The molecule has 0 atom stereocenters. The number of hydrogen-bond acceptors (Lipinski definition) is 6. The van der Waals surface area contributed by atoms with Crippen LogP contribution >= 0.6 is 0 Å². The molecule has 0 spiro atoms. The lowest BCUT2D eigenvalue weighted by atomic mass is 10.4. The molecule has 0 bridgehead atoms. The van der Waals surface area contributed by atoms with E-state index in [1.54, 1.807) is 12.4 Å². The Bertz CT molecular complexity index is 379. The molecule has 2 aromatic rings. The van der Waals surface area contributed by atoms with Crippen LogP contribution in [0.15, 0.2) is 12.4 Å². The molecule has 2 aromatic heterocycles. The summed E-state index contributed by atoms with van der Waals surface area (Å²) >= 11 is 0. The van der Waals surface area contributed by atoms with Crippen molar-refractivity contribution in [3.05, 3.63) is 23.8 Å². The summed E-state index contributed by atoms with van der Waals surface area (Å²) in [5.41, 5.74) is 1.02. The lowest BCUT2D eigenvalue weighted by Gasteiger charge is -2.00. The number of nitrogens with zero attached hydrogens (tertiary/aromatic N) is 5. The fraction of sp³-hybridized carbons (Fsp3) is 0.286. The second kappa shape index (κ2) is 3.77. The van der Waals surface area contributed by atoms with E-state index in [-0.39, 0.29) is 0 Å². The zero-order chi connectivity index (χ0) is 9.80. The number of hydrogen-bond donors (Lipinski definition) is 2. The average Bonchev–Trinajstić information content (AvgIpc) is 2.70. The van der Waals surface area contributed by atoms with Crippen molar-refractivity contribution in [2.75, 3.05) is 5.32 Å². The van der Waals surface area contributed by atoms with Gasteiger partial charge in [0.1, 0.15) is 0 Å². The van der Waals surface area contributed by atoms with Crippen molar-refractivity contribution in [1.82, 2.24) is 30.6 Å². The van der Waals surface area contributed by atoms with Gasteiger partial charge in [-0.15, -0.1) is 10.2 Å². The zero-order valence-electron chi connectivity index (χ0n) is 7.60. The Hall–Kier alpha value is -2.05. The first-order chi connectivity index (χ1) is 6.84. The van der Waals surface area contributed by atoms with Gasteiger partial charge in [-0.1, -0.05) is 5.21 Å². The number of aryl methyl sites for hydroxylation is 1. The van der Waals surface area contributed by atoms with Crippen LogP contribution in [0.2, 0.25) is 0 Å². The maximum atomic E-state index is 4.07. The third-order valence-electron chi connectivity index (χ3n) is 1.57. The molecule has 14 heavy (non-hydrogen) atoms. The lowest BCUT2D eigenvalue weighted by Crippen LogP contribution is -2.04. The van der Waals surface area contributed by atoms with E-state index in [0.29, 0.717) is 18.3 Å². The van der Waals surface area contributed by atoms with E-state index in [1.807, 2.05) is 6.92 Å². The fourth-order valence-corrected chi connectivity index (χ4v) is 0.899. The number of aromatic nitrogens is 6. The predicted molar refractivity (Wildman–Crippen MR) is 48.3 cm³/mol. The van der Waals surface area contributed by atoms with Gasteiger partial charge >= 0.3 is 0 Å². The summed E-state index contributed by atoms with van der Waals surface area (Å²) in [5.74, 6) is 1.13. The molecular weight excluding hydrogens is 182 g/mol. The largest absolute Gasteiger partial charge is 0.347 e. The van der Waals surface area contributed by atoms with E-state index in [4.69, 9.17) is 0 Å². The molecule has 0 aliphatic carbocycles. The minimum absolute atomic E-state index is 0.458. The fourth-order valence-electron chi connectivity index (χ4n) is 0.899. The van der Waals surface area contributed by atoms with Crippen LogP contribution in [0.1, 0.15) is 11.4 Å². The lowest BCUT2D eigenvalue weighted by molar-refractivity contribution is 0.881. The molecule has 7 nitrogen and oxygen atoms in total. The van der Waals surface area contributed by atoms with E-state index in [9.17, 15) is 0 Å². The van der Waals surface area contributed by atoms with Gasteiger partial charge in [-0.3, -0.25) is 0 Å². The van der Waals surface area contributed by atoms with Crippen LogP contribution in [0, 0.1) is 6.92 Å². The van der Waals surface area contributed by atoms with Crippen LogP contribution in [-0.2, 0) is 6.54 Å². The Balaban J connectivity index is 1.95. The van der Waals surface area contributed by atoms with Crippen molar-refractivity contribution in [1.29, 1.82) is 0 Å². The van der Waals surface area contributed by atoms with E-state index >= 15 is 0 Å². The second-order valence-corrected chi connectivity index (χ2v) is 2.77. The Morgan fingerprint density at radius 3 is 2.79 bits per heavy atom. The van der Waals surface area contributed by atoms with Gasteiger partial charge in [0, 0.05) is 12.4 Å². The summed E-state index contributed by atoms with van der Waals surface area (Å²) in [6.45, 7) is 2.39. The molecule has 0 fully saturated rings. The highest BCUT2D eigenvalue weighted by atomic mass is 15.5. The summed E-state index contributed by atoms with van der Waals surface area (Å²) in [6.07, 6.45) is 3.48. The van der Waals surface area contributed by atoms with Gasteiger partial charge in [-0.25, -0.2) is 9.97 Å². The van der Waals surface area contributed by atoms with Crippen LogP contribution in [0.5, 0.6) is 0 Å². The third kappa shape index (κ3) is 2.00. The van der Waals surface area contributed by atoms with Gasteiger partial charge in [-0.05, 0) is 12.5 Å². The maximum Gasteiger partial charge on any atom is 0.222 e. The number of aromatic amines is 1. The highest BCUT2D eigenvalue weighted by Crippen LogP contribution is 1.99. The molecule has 0 aliphatic rings. The predicted octanol–water partition coefficient (Wildman–Crippen LogP) is -0.0898. The molecular formula is C7H9N7. The summed E-state index contributed by atoms with van der Waals surface area (Å²) in [4.78, 5) is 8.14. The molecule has 2 heterocycles. The summed E-state index contributed by atoms with van der Waals surface area (Å²) in [6, 6.07) is 0. The zero-order valence-corrected chi connectivity index (χ0v) is 7.60. The van der Waals surface area contributed by atoms with Crippen molar-refractivity contribution >= 4 is 5.95 Å². The molecule has 0 aromatic carbocycles. The van der Waals surface area contributed by atoms with Gasteiger partial charge < -0.3 is 5.32 Å². The van der Waals surface area contributed by atoms with Gasteiger partial charge in [0.15, 0.2) is 5.82 Å². The van der Waals surface area contributed by atoms with Crippen molar-refractivity contribution < 1.29 is 0 Å². The van der Waals surface area contributed by atoms with Crippen LogP contribution in [0.4, 0.5) is 5.95 Å². The van der Waals surface area contributed by atoms with Crippen LogP contribution in [-0.4, -0.2) is 30.6 Å². The maximum absolute atomic E-state index is 4.07. The number of nitrogens with one attached hydrogen (secondary N) is 2. The van der Waals surface area contributed by atoms with Crippen molar-refractivity contribution in [3.8, 4) is 0 Å². The van der Waals surface area contributed by atoms with Crippen LogP contribution < -0.4 is 5.32 Å². The summed E-state index contributed by atoms with van der Waals surface area (Å²) in [5, 5.41) is 16.3. The number of H-pyrrole nitrogens is 1. The highest BCUT2D eigenvalue weighted by molar-refractivity contribution is 5.24. The minimum atomic E-state index is 0.458. The summed E-state index contributed by atoms with van der Waals surface area (Å²) < 4.78 is 0. The Kier molecular flexibility index (Phi) is 2.30. The normalized spacial score (nSPS) is 10.1. The Morgan fingerprint density at radius 2 is 2.14 bits per heavy atom. The van der Waals surface area contributed by atoms with Crippen molar-refractivity contribution in [3.63, 3.8) is 0 Å². The Labute approximate surface area is 80.0 Å². The first-order valence-corrected chi connectivity index (χ1v) is 4.09. The molecule has 7 heteroatoms. The number of tetrazole rings is 1. The quantitative estimate of drug-likeness (QED) is 0.704. The first kappa shape index (κ1) is 8.54. The van der Waals surface area contributed by atoms with E-state index in [2.05, 4.69) is 35.9 Å². The van der Waals surface area contributed by atoms with Crippen molar-refractivity contribution in [2.24, 2.45) is 0 Å². The molecule has 0 unspecified atom stereocenters. The molecule has 2 N–H and O–H groups in total. The summed E-state index contributed by atoms with van der Waals surface area (Å²) in [7, 11) is 0. The third-order valence-corrected chi connectivity index (χ3v) is 1.57. The molecule has 0 saturated carbocycles. The smallest absolute Gasteiger partial charge is 0.222 e. The first-order valence-electron chi connectivity index (χ1n) is 4.09. The van der Waals surface area contributed by atoms with Crippen LogP contribution in [0.3, 0.4) is 0 Å². The average molecular weight is 191 g/mol. The van der Waals surface area contributed by atoms with E-state index in [0.717, 1.165) is 5.56 Å². The molecule has 0 amide bonds. The second-order valence-electron chi connectivity index (χ2n) is 2.77. The molecule has 0 saturated heterocycles. The van der Waals surface area contributed by atoms with Gasteiger partial charge in [0.25, 0.3) is 0 Å². The topological polar surface area (TPSA) is 92.3 Å². The van der Waals surface area contributed by atoms with E-state index < -0.39 is 0 Å². The minimum Gasteiger partial charge on any atom is -0.347 e. The molecule has 0 radical (unpaired) electrons. The number of rotatable bonds is 3. The monoisotopic (exact) mass is 191 g/mol. The van der Waals surface area contributed by atoms with Crippen LogP contribution in [0.25, 0.3) is 0 Å². The van der Waals surface area contributed by atoms with Gasteiger partial charge in [-0.2, -0.15) is 5.21 Å². The number of anilines is 1. The standard InChI is InChI=1S/C7H9N7/c1-5-2-8-7(9-3-5)10-4-6-11-13-14-12-6/h2-3H,4H2,1H3,(H,8,9,10)(H,11,12,13,14). The van der Waals surface area contributed by atoms with E-state index in [1.165, 1.54) is 0 Å². The molecule has 2 rings (SSSR count). The molecule has 72 valence electrons. The van der Waals surface area contributed by atoms with Gasteiger partial charge in [0.05, 0.1) is 6.54 Å².